The number of rotatable bonds is 2. The molecule has 0 aliphatic heterocycles. The molecule has 0 radical (unpaired) electrons. The number of likely N-dealkylation sites (N-methyl/N-ethyl adjacent to an activating group) is 1. The molecular formula is C5H13Cl2F3N2. The summed E-state index contributed by atoms with van der Waals surface area (Å²) in [4.78, 5) is 1.40. The number of alkyl halides is 3. The van der Waals surface area contributed by atoms with E-state index in [0.717, 1.165) is 0 Å². The fraction of sp³-hybridized carbons (Fsp3) is 1.00. The second-order valence-electron chi connectivity index (χ2n) is 2.41. The van der Waals surface area contributed by atoms with Crippen LogP contribution < -0.4 is 5.73 Å². The zero-order valence-corrected chi connectivity index (χ0v) is 8.39. The Morgan fingerprint density at radius 3 is 1.67 bits per heavy atom. The normalized spacial score (nSPS) is 13.2. The lowest BCUT2D eigenvalue weighted by molar-refractivity contribution is -0.150. The molecule has 0 fully saturated rings. The van der Waals surface area contributed by atoms with Crippen LogP contribution in [0.3, 0.4) is 0 Å². The minimum atomic E-state index is -4.27. The largest absolute Gasteiger partial charge is 0.404 e. The summed E-state index contributed by atoms with van der Waals surface area (Å²) in [6.07, 6.45) is -4.27. The van der Waals surface area contributed by atoms with E-state index in [2.05, 4.69) is 0 Å². The maximum Gasteiger partial charge on any atom is 0.404 e. The van der Waals surface area contributed by atoms with Crippen LogP contribution in [0.15, 0.2) is 0 Å². The molecule has 2 N–H and O–H groups in total. The summed E-state index contributed by atoms with van der Waals surface area (Å²) in [6.45, 7) is -0.163. The summed E-state index contributed by atoms with van der Waals surface area (Å²) in [5.74, 6) is 0. The molecule has 0 bridgehead atoms. The highest BCUT2D eigenvalue weighted by Crippen LogP contribution is 2.18. The van der Waals surface area contributed by atoms with Gasteiger partial charge in [-0.2, -0.15) is 13.2 Å². The highest BCUT2D eigenvalue weighted by atomic mass is 35.5. The zero-order valence-electron chi connectivity index (χ0n) is 6.76. The topological polar surface area (TPSA) is 29.3 Å². The molecule has 1 atom stereocenters. The molecule has 0 heterocycles. The summed E-state index contributed by atoms with van der Waals surface area (Å²) in [7, 11) is 3.09. The molecule has 7 heteroatoms. The molecule has 0 amide bonds. The molecular weight excluding hydrogens is 216 g/mol. The molecule has 0 aromatic carbocycles. The van der Waals surface area contributed by atoms with Crippen LogP contribution in [-0.2, 0) is 0 Å². The number of hydrogen-bond donors (Lipinski definition) is 1. The van der Waals surface area contributed by atoms with Gasteiger partial charge in [-0.05, 0) is 14.1 Å². The van der Waals surface area contributed by atoms with Gasteiger partial charge in [0.1, 0.15) is 6.04 Å². The SMILES string of the molecule is CN(C)CC(N)C(F)(F)F.Cl.Cl. The lowest BCUT2D eigenvalue weighted by Gasteiger charge is -2.19. The first kappa shape index (κ1) is 18.2. The zero-order chi connectivity index (χ0) is 8.36. The van der Waals surface area contributed by atoms with E-state index in [1.165, 1.54) is 4.90 Å². The Hall–Kier alpha value is 0.290. The predicted octanol–water partition coefficient (Wildman–Crippen LogP) is 1.28. The van der Waals surface area contributed by atoms with Crippen LogP contribution in [0.1, 0.15) is 0 Å². The number of halogens is 5. The van der Waals surface area contributed by atoms with Crippen molar-refractivity contribution in [3.05, 3.63) is 0 Å². The van der Waals surface area contributed by atoms with E-state index in [-0.39, 0.29) is 31.4 Å². The Bertz CT molecular complexity index is 107. The number of nitrogens with zero attached hydrogens (tertiary/aromatic N) is 1. The summed E-state index contributed by atoms with van der Waals surface area (Å²) in [6, 6.07) is -1.73. The van der Waals surface area contributed by atoms with Gasteiger partial charge in [-0.1, -0.05) is 0 Å². The molecule has 2 nitrogen and oxygen atoms in total. The van der Waals surface area contributed by atoms with Gasteiger partial charge >= 0.3 is 6.18 Å². The van der Waals surface area contributed by atoms with Gasteiger partial charge in [0.2, 0.25) is 0 Å². The van der Waals surface area contributed by atoms with Crippen molar-refractivity contribution in [1.29, 1.82) is 0 Å². The standard InChI is InChI=1S/C5H11F3N2.2ClH/c1-10(2)3-4(9)5(6,7)8;;/h4H,3,9H2,1-2H3;2*1H. The number of nitrogens with two attached hydrogens (primary N) is 1. The fourth-order valence-corrected chi connectivity index (χ4v) is 0.497. The fourth-order valence-electron chi connectivity index (χ4n) is 0.497. The Labute approximate surface area is 82.1 Å². The summed E-state index contributed by atoms with van der Waals surface area (Å²) in [5.41, 5.74) is 4.78. The smallest absolute Gasteiger partial charge is 0.319 e. The first-order valence-corrected chi connectivity index (χ1v) is 2.81. The van der Waals surface area contributed by atoms with Crippen molar-refractivity contribution in [3.8, 4) is 0 Å². The van der Waals surface area contributed by atoms with Gasteiger partial charge in [0.15, 0.2) is 0 Å². The van der Waals surface area contributed by atoms with E-state index in [9.17, 15) is 13.2 Å². The Morgan fingerprint density at radius 2 is 1.58 bits per heavy atom. The Kier molecular flexibility index (Phi) is 10.2. The monoisotopic (exact) mass is 228 g/mol. The Balaban J connectivity index is -0.000000405. The third-order valence-electron chi connectivity index (χ3n) is 0.982. The van der Waals surface area contributed by atoms with Crippen LogP contribution in [0, 0.1) is 0 Å². The minimum Gasteiger partial charge on any atom is -0.319 e. The van der Waals surface area contributed by atoms with Gasteiger partial charge in [-0.15, -0.1) is 24.8 Å². The molecule has 0 aliphatic carbocycles. The van der Waals surface area contributed by atoms with Crippen molar-refractivity contribution < 1.29 is 13.2 Å². The quantitative estimate of drug-likeness (QED) is 0.772. The summed E-state index contributed by atoms with van der Waals surface area (Å²) < 4.78 is 35.0. The van der Waals surface area contributed by atoms with Crippen molar-refractivity contribution in [2.75, 3.05) is 20.6 Å². The van der Waals surface area contributed by atoms with Crippen LogP contribution in [-0.4, -0.2) is 37.8 Å². The second kappa shape index (κ2) is 6.77. The molecule has 0 rings (SSSR count). The van der Waals surface area contributed by atoms with Crippen molar-refractivity contribution in [2.45, 2.75) is 12.2 Å². The van der Waals surface area contributed by atoms with E-state index in [4.69, 9.17) is 5.73 Å². The second-order valence-corrected chi connectivity index (χ2v) is 2.41. The first-order chi connectivity index (χ1) is 4.34. The van der Waals surface area contributed by atoms with Crippen molar-refractivity contribution in [2.24, 2.45) is 5.73 Å². The highest BCUT2D eigenvalue weighted by Gasteiger charge is 2.36. The van der Waals surface area contributed by atoms with Crippen molar-refractivity contribution >= 4 is 24.8 Å². The van der Waals surface area contributed by atoms with Crippen LogP contribution >= 0.6 is 24.8 Å². The van der Waals surface area contributed by atoms with Gasteiger partial charge in [-0.25, -0.2) is 0 Å². The predicted molar refractivity (Wildman–Crippen MR) is 47.1 cm³/mol. The molecule has 0 spiro atoms. The van der Waals surface area contributed by atoms with Gasteiger partial charge < -0.3 is 10.6 Å². The van der Waals surface area contributed by atoms with Gasteiger partial charge in [0.25, 0.3) is 0 Å². The van der Waals surface area contributed by atoms with E-state index >= 15 is 0 Å². The molecule has 0 aliphatic rings. The minimum absolute atomic E-state index is 0. The van der Waals surface area contributed by atoms with E-state index in [1.54, 1.807) is 14.1 Å². The van der Waals surface area contributed by atoms with Crippen molar-refractivity contribution in [1.82, 2.24) is 4.90 Å². The van der Waals surface area contributed by atoms with Crippen LogP contribution in [0.2, 0.25) is 0 Å². The van der Waals surface area contributed by atoms with Gasteiger partial charge in [-0.3, -0.25) is 0 Å². The molecule has 1 unspecified atom stereocenters. The molecule has 78 valence electrons. The lowest BCUT2D eigenvalue weighted by atomic mass is 10.3. The highest BCUT2D eigenvalue weighted by molar-refractivity contribution is 5.85. The maximum atomic E-state index is 11.7. The average molecular weight is 229 g/mol. The lowest BCUT2D eigenvalue weighted by Crippen LogP contribution is -2.44. The third-order valence-corrected chi connectivity index (χ3v) is 0.982. The summed E-state index contributed by atoms with van der Waals surface area (Å²) in [5, 5.41) is 0. The number of hydrogen-bond acceptors (Lipinski definition) is 2. The molecule has 0 saturated carbocycles. The summed E-state index contributed by atoms with van der Waals surface area (Å²) >= 11 is 0. The van der Waals surface area contributed by atoms with Crippen molar-refractivity contribution in [3.63, 3.8) is 0 Å². The molecule has 0 aromatic rings. The van der Waals surface area contributed by atoms with Crippen LogP contribution in [0.5, 0.6) is 0 Å². The van der Waals surface area contributed by atoms with Crippen LogP contribution in [0.4, 0.5) is 13.2 Å². The van der Waals surface area contributed by atoms with Gasteiger partial charge in [0.05, 0.1) is 0 Å². The third kappa shape index (κ3) is 8.39. The van der Waals surface area contributed by atoms with Crippen LogP contribution in [0.25, 0.3) is 0 Å². The van der Waals surface area contributed by atoms with E-state index < -0.39 is 12.2 Å². The molecule has 12 heavy (non-hydrogen) atoms. The molecule has 0 saturated heterocycles. The average Bonchev–Trinajstić information content (AvgIpc) is 1.60. The van der Waals surface area contributed by atoms with E-state index in [0.29, 0.717) is 0 Å². The first-order valence-electron chi connectivity index (χ1n) is 2.81. The maximum absolute atomic E-state index is 11.7. The van der Waals surface area contributed by atoms with E-state index in [1.807, 2.05) is 0 Å². The molecule has 0 aromatic heterocycles. The van der Waals surface area contributed by atoms with Gasteiger partial charge in [0, 0.05) is 6.54 Å². The Morgan fingerprint density at radius 1 is 1.25 bits per heavy atom.